The molecule has 0 saturated carbocycles. The van der Waals surface area contributed by atoms with Crippen LogP contribution in [0.4, 0.5) is 23.1 Å². The molecule has 46 heavy (non-hydrogen) atoms. The average molecular weight is 595 g/mol. The summed E-state index contributed by atoms with van der Waals surface area (Å²) in [6.45, 7) is 0.770. The van der Waals surface area contributed by atoms with Crippen molar-refractivity contribution in [3.05, 3.63) is 145 Å². The van der Waals surface area contributed by atoms with Crippen LogP contribution in [0.25, 0.3) is 51.4 Å². The summed E-state index contributed by atoms with van der Waals surface area (Å²) in [5, 5.41) is 3.73. The van der Waals surface area contributed by atoms with E-state index < -0.39 is 0 Å². The highest BCUT2D eigenvalue weighted by atomic mass is 15.3. The monoisotopic (exact) mass is 594 g/mol. The first-order valence-electron chi connectivity index (χ1n) is 15.8. The molecule has 4 heterocycles. The van der Waals surface area contributed by atoms with Gasteiger partial charge in [0.1, 0.15) is 5.82 Å². The van der Waals surface area contributed by atoms with E-state index in [0.29, 0.717) is 17.6 Å². The highest BCUT2D eigenvalue weighted by Crippen LogP contribution is 2.52. The van der Waals surface area contributed by atoms with E-state index in [4.69, 9.17) is 15.0 Å². The van der Waals surface area contributed by atoms with Gasteiger partial charge >= 0.3 is 0 Å². The van der Waals surface area contributed by atoms with Crippen LogP contribution in [0.1, 0.15) is 24.0 Å². The smallest absolute Gasteiger partial charge is 0.238 e. The molecule has 0 amide bonds. The Morgan fingerprint density at radius 3 is 1.93 bits per heavy atom. The second-order valence-electron chi connectivity index (χ2n) is 11.6. The Kier molecular flexibility index (Phi) is 6.23. The molecule has 0 spiro atoms. The lowest BCUT2D eigenvalue weighted by Crippen LogP contribution is -2.17. The van der Waals surface area contributed by atoms with Crippen molar-refractivity contribution in [3.8, 4) is 39.7 Å². The summed E-state index contributed by atoms with van der Waals surface area (Å²) < 4.78 is 2.41. The normalized spacial score (nSPS) is 14.3. The minimum atomic E-state index is 0.568. The van der Waals surface area contributed by atoms with Gasteiger partial charge in [-0.05, 0) is 36.6 Å². The third-order valence-corrected chi connectivity index (χ3v) is 8.82. The Morgan fingerprint density at radius 1 is 0.587 bits per heavy atom. The van der Waals surface area contributed by atoms with E-state index in [-0.39, 0.29) is 0 Å². The first-order chi connectivity index (χ1) is 22.8. The number of benzene rings is 4. The molecule has 2 aromatic heterocycles. The molecule has 0 radical (unpaired) electrons. The summed E-state index contributed by atoms with van der Waals surface area (Å²) in [4.78, 5) is 17.6. The summed E-state index contributed by atoms with van der Waals surface area (Å²) in [5.74, 6) is 2.93. The molecule has 0 bridgehead atoms. The zero-order chi connectivity index (χ0) is 30.5. The molecule has 2 aliphatic heterocycles. The van der Waals surface area contributed by atoms with Gasteiger partial charge in [0.2, 0.25) is 5.95 Å². The van der Waals surface area contributed by atoms with Crippen molar-refractivity contribution in [3.63, 3.8) is 0 Å². The molecule has 6 heteroatoms. The molecule has 6 aromatic rings. The van der Waals surface area contributed by atoms with Gasteiger partial charge < -0.3 is 5.32 Å². The van der Waals surface area contributed by atoms with Crippen LogP contribution in [0.5, 0.6) is 0 Å². The maximum Gasteiger partial charge on any atom is 0.238 e. The summed E-state index contributed by atoms with van der Waals surface area (Å²) in [6.07, 6.45) is 13.5. The van der Waals surface area contributed by atoms with E-state index in [2.05, 4.69) is 93.7 Å². The van der Waals surface area contributed by atoms with E-state index in [1.165, 1.54) is 16.7 Å². The predicted molar refractivity (Wildman–Crippen MR) is 188 cm³/mol. The minimum absolute atomic E-state index is 0.568. The number of hydrogen-bond donors (Lipinski definition) is 1. The van der Waals surface area contributed by atoms with Gasteiger partial charge in [0.25, 0.3) is 0 Å². The molecule has 1 aliphatic carbocycles. The molecule has 220 valence electrons. The molecular formula is C40H30N6. The maximum absolute atomic E-state index is 5.18. The third kappa shape index (κ3) is 4.22. The highest BCUT2D eigenvalue weighted by molar-refractivity contribution is 6.02. The Hall–Kier alpha value is -6.01. The van der Waals surface area contributed by atoms with Crippen LogP contribution in [-0.4, -0.2) is 26.1 Å². The van der Waals surface area contributed by atoms with Gasteiger partial charge in [0, 0.05) is 34.4 Å². The van der Waals surface area contributed by atoms with Crippen molar-refractivity contribution in [2.24, 2.45) is 0 Å². The number of anilines is 4. The van der Waals surface area contributed by atoms with Crippen molar-refractivity contribution in [2.75, 3.05) is 16.8 Å². The zero-order valence-electron chi connectivity index (χ0n) is 25.1. The maximum atomic E-state index is 5.18. The number of nitrogens with zero attached hydrogens (tertiary/aromatic N) is 5. The van der Waals surface area contributed by atoms with Crippen LogP contribution in [0.3, 0.4) is 0 Å². The van der Waals surface area contributed by atoms with Crippen molar-refractivity contribution < 1.29 is 0 Å². The second-order valence-corrected chi connectivity index (χ2v) is 11.6. The second kappa shape index (κ2) is 10.9. The average Bonchev–Trinajstić information content (AvgIpc) is 3.42. The van der Waals surface area contributed by atoms with Crippen LogP contribution in [0.15, 0.2) is 133 Å². The van der Waals surface area contributed by atoms with Crippen molar-refractivity contribution in [2.45, 2.75) is 12.8 Å². The Bertz CT molecular complexity index is 2150. The van der Waals surface area contributed by atoms with E-state index in [9.17, 15) is 0 Å². The van der Waals surface area contributed by atoms with Gasteiger partial charge in [-0.2, -0.15) is 9.97 Å². The van der Waals surface area contributed by atoms with Crippen LogP contribution >= 0.6 is 0 Å². The van der Waals surface area contributed by atoms with Crippen LogP contribution in [-0.2, 0) is 0 Å². The van der Waals surface area contributed by atoms with Crippen molar-refractivity contribution >= 4 is 34.8 Å². The van der Waals surface area contributed by atoms with Gasteiger partial charge in [-0.25, -0.2) is 4.98 Å². The molecule has 0 atom stereocenters. The number of aromatic nitrogens is 4. The molecule has 6 nitrogen and oxygen atoms in total. The molecule has 9 rings (SSSR count). The lowest BCUT2D eigenvalue weighted by Gasteiger charge is -2.26. The molecule has 0 saturated heterocycles. The number of para-hydroxylation sites is 3. The number of rotatable bonds is 4. The fraction of sp³-hybridized carbons (Fsp3) is 0.0750. The van der Waals surface area contributed by atoms with Gasteiger partial charge in [-0.1, -0.05) is 121 Å². The SMILES string of the molecule is C1=CC(c2c3c(n4c2-c2ccccc2N(c2nc(-c5ccccc5)nc(-c5ccccc5)n2)c2ccccc2-4)NCC=C3)=CCC1. The predicted octanol–water partition coefficient (Wildman–Crippen LogP) is 9.62. The van der Waals surface area contributed by atoms with E-state index in [1.54, 1.807) is 0 Å². The molecule has 3 aliphatic rings. The summed E-state index contributed by atoms with van der Waals surface area (Å²) >= 11 is 0. The first-order valence-corrected chi connectivity index (χ1v) is 15.8. The van der Waals surface area contributed by atoms with Crippen molar-refractivity contribution in [1.29, 1.82) is 0 Å². The largest absolute Gasteiger partial charge is 0.367 e. The van der Waals surface area contributed by atoms with Gasteiger partial charge in [0.05, 0.1) is 22.8 Å². The summed E-state index contributed by atoms with van der Waals surface area (Å²) in [7, 11) is 0. The minimum Gasteiger partial charge on any atom is -0.367 e. The lowest BCUT2D eigenvalue weighted by molar-refractivity contribution is 1.02. The lowest BCUT2D eigenvalue weighted by atomic mass is 9.92. The molecule has 0 fully saturated rings. The Labute approximate surface area is 267 Å². The number of allylic oxidation sites excluding steroid dienone is 4. The number of fused-ring (bicyclic) bond motifs is 7. The van der Waals surface area contributed by atoms with Crippen LogP contribution < -0.4 is 10.2 Å². The standard InChI is InChI=1S/C40H30N6/c1-4-15-27(16-5-1)35-31-22-14-26-41-39(31)46-34-25-13-12-24-33(34)45(32-23-11-10-21-30(32)36(35)46)40-43-37(28-17-6-2-7-18-28)42-38(44-40)29-19-8-3-9-20-29/h2-4,6-25,41H,1,5,26H2. The number of nitrogens with one attached hydrogen (secondary N) is 1. The topological polar surface area (TPSA) is 58.9 Å². The summed E-state index contributed by atoms with van der Waals surface area (Å²) in [6, 6.07) is 37.5. The van der Waals surface area contributed by atoms with E-state index in [0.717, 1.165) is 64.7 Å². The zero-order valence-corrected chi connectivity index (χ0v) is 25.1. The fourth-order valence-electron chi connectivity index (χ4n) is 6.80. The third-order valence-electron chi connectivity index (χ3n) is 8.82. The van der Waals surface area contributed by atoms with E-state index >= 15 is 0 Å². The molecule has 1 N–H and O–H groups in total. The van der Waals surface area contributed by atoms with Crippen LogP contribution in [0.2, 0.25) is 0 Å². The molecule has 4 aromatic carbocycles. The molecular weight excluding hydrogens is 564 g/mol. The highest BCUT2D eigenvalue weighted by Gasteiger charge is 2.34. The summed E-state index contributed by atoms with van der Waals surface area (Å²) in [5.41, 5.74) is 10.9. The van der Waals surface area contributed by atoms with Crippen LogP contribution in [0, 0.1) is 0 Å². The Morgan fingerprint density at radius 2 is 1.24 bits per heavy atom. The first kappa shape index (κ1) is 26.4. The van der Waals surface area contributed by atoms with Gasteiger partial charge in [0.15, 0.2) is 11.6 Å². The number of hydrogen-bond acceptors (Lipinski definition) is 5. The van der Waals surface area contributed by atoms with E-state index in [1.807, 2.05) is 60.7 Å². The van der Waals surface area contributed by atoms with Gasteiger partial charge in [-0.15, -0.1) is 0 Å². The Balaban J connectivity index is 1.36. The fourth-order valence-corrected chi connectivity index (χ4v) is 6.80. The quantitative estimate of drug-likeness (QED) is 0.220. The molecule has 0 unspecified atom stereocenters. The van der Waals surface area contributed by atoms with Crippen molar-refractivity contribution in [1.82, 2.24) is 19.5 Å². The van der Waals surface area contributed by atoms with Gasteiger partial charge in [-0.3, -0.25) is 9.47 Å².